The first-order valence-electron chi connectivity index (χ1n) is 18.8. The zero-order valence-corrected chi connectivity index (χ0v) is 38.2. The Kier molecular flexibility index (Phi) is 17.2. The number of ether oxygens (including phenoxy) is 2. The Morgan fingerprint density at radius 1 is 1.16 bits per heavy atom. The number of carbonyl (C=O) groups is 3. The monoisotopic (exact) mass is 898 g/mol. The number of hydrogen-bond acceptors (Lipinski definition) is 9. The topological polar surface area (TPSA) is 128 Å². The maximum atomic E-state index is 14.1. The number of methoxy groups -OCH3 is 1. The van der Waals surface area contributed by atoms with Crippen LogP contribution in [0, 0.1) is 11.3 Å². The Morgan fingerprint density at radius 2 is 1.91 bits per heavy atom. The van der Waals surface area contributed by atoms with Crippen LogP contribution in [0.15, 0.2) is 41.9 Å². The van der Waals surface area contributed by atoms with Gasteiger partial charge in [0.05, 0.1) is 34.8 Å². The Morgan fingerprint density at radius 3 is 2.60 bits per heavy atom. The lowest BCUT2D eigenvalue weighted by Crippen LogP contribution is -2.60. The number of esters is 1. The highest BCUT2D eigenvalue weighted by atomic mass is 32.1. The molecule has 11 nitrogen and oxygen atoms in total. The number of hydrazine groups is 1. The number of fused-ring (bicyclic) bond motifs is 6. The molecule has 1 saturated heterocycles. The van der Waals surface area contributed by atoms with E-state index in [0.29, 0.717) is 37.4 Å². The van der Waals surface area contributed by atoms with Crippen molar-refractivity contribution in [1.29, 1.82) is 0 Å². The molecule has 1 aliphatic carbocycles. The van der Waals surface area contributed by atoms with Crippen LogP contribution in [0.2, 0.25) is 0 Å². The summed E-state index contributed by atoms with van der Waals surface area (Å²) in [6.45, 7) is 9.39. The van der Waals surface area contributed by atoms with Crippen molar-refractivity contribution in [2.75, 3.05) is 20.3 Å². The first kappa shape index (κ1) is 49.5. The third-order valence-electron chi connectivity index (χ3n) is 10.9. The highest BCUT2D eigenvalue weighted by molar-refractivity contribution is 7.59. The first-order chi connectivity index (χ1) is 25.8. The Labute approximate surface area is 370 Å². The average molecular weight is 899 g/mol. The van der Waals surface area contributed by atoms with Gasteiger partial charge in [-0.25, -0.2) is 19.2 Å². The van der Waals surface area contributed by atoms with Crippen molar-refractivity contribution in [1.82, 2.24) is 30.3 Å². The van der Waals surface area contributed by atoms with Crippen molar-refractivity contribution in [2.24, 2.45) is 11.3 Å². The quantitative estimate of drug-likeness (QED) is 0.197. The summed E-state index contributed by atoms with van der Waals surface area (Å²) in [5.74, 6) is -5.31. The molecule has 2 N–H and O–H groups in total. The van der Waals surface area contributed by atoms with Crippen LogP contribution in [0.5, 0.6) is 0 Å². The van der Waals surface area contributed by atoms with Gasteiger partial charge in [-0.05, 0) is 69.4 Å². The zero-order chi connectivity index (χ0) is 38.4. The second kappa shape index (κ2) is 20.1. The number of alkyl halides is 2. The lowest BCUT2D eigenvalue weighted by Gasteiger charge is -2.35. The van der Waals surface area contributed by atoms with Gasteiger partial charge in [0.1, 0.15) is 12.1 Å². The third kappa shape index (κ3) is 10.3. The number of cyclic esters (lactones) is 1. The maximum Gasteiger partial charge on any atom is 0.324 e. The van der Waals surface area contributed by atoms with Crippen LogP contribution in [-0.2, 0) is 43.2 Å². The number of carbonyl (C=O) groups excluding carboxylic acids is 3. The Bertz CT molecular complexity index is 2080. The predicted octanol–water partition coefficient (Wildman–Crippen LogP) is 7.09. The van der Waals surface area contributed by atoms with Crippen LogP contribution in [0.25, 0.3) is 33.4 Å². The van der Waals surface area contributed by atoms with Gasteiger partial charge < -0.3 is 19.4 Å². The third-order valence-corrected chi connectivity index (χ3v) is 11.8. The van der Waals surface area contributed by atoms with Gasteiger partial charge >= 0.3 is 5.97 Å². The lowest BCUT2D eigenvalue weighted by atomic mass is 9.84. The minimum Gasteiger partial charge on any atom is -0.464 e. The van der Waals surface area contributed by atoms with Crippen molar-refractivity contribution < 1.29 is 32.6 Å². The van der Waals surface area contributed by atoms with Gasteiger partial charge in [0.15, 0.2) is 0 Å². The Balaban J connectivity index is 0.00000225. The summed E-state index contributed by atoms with van der Waals surface area (Å²) in [4.78, 5) is 50.7. The molecule has 18 heteroatoms. The number of aryl methyl sites for hydroxylation is 1. The van der Waals surface area contributed by atoms with Crippen LogP contribution in [0.3, 0.4) is 0 Å². The summed E-state index contributed by atoms with van der Waals surface area (Å²) >= 11 is 1.37. The second-order valence-electron chi connectivity index (χ2n) is 15.6. The highest BCUT2D eigenvalue weighted by Gasteiger charge is 2.44. The number of rotatable bonds is 6. The minimum atomic E-state index is -2.91. The van der Waals surface area contributed by atoms with Gasteiger partial charge in [0, 0.05) is 84.4 Å². The molecule has 3 aliphatic rings. The summed E-state index contributed by atoms with van der Waals surface area (Å²) < 4.78 is 42.2. The molecule has 4 aromatic rings. The number of hydrogen-bond donors (Lipinski definition) is 2. The molecule has 1 saturated carbocycles. The Hall–Kier alpha value is -2.87. The standard InChI is InChI=1S/C40H48F2N6O5S.4H2S/c1-6-47-32-12-11-24-17-27(32)28(35(47)26-9-7-15-43-34(26)23(2)52-5)20-39(3,4)22-53-38(51)29-10-8-16-48(46-29)37(50)30(18-33-44-31(24)21-54-33)45-36(49)25-13-14-40(41,42)19-25;;;;/h7,9,11-12,15,17,21,23,25,29-30,46H,6,8,10,13-14,16,18-20,22H2,1-5H3,(H,45,49);4*1H2/t23-,25-,29-,30-;;;;/m0..../s1. The van der Waals surface area contributed by atoms with Gasteiger partial charge in [-0.1, -0.05) is 19.9 Å². The van der Waals surface area contributed by atoms with Gasteiger partial charge in [-0.15, -0.1) is 11.3 Å². The van der Waals surface area contributed by atoms with Crippen LogP contribution in [0.4, 0.5) is 8.78 Å². The number of nitrogens with one attached hydrogen (secondary N) is 2. The fraction of sp³-hybridized carbons (Fsp3) is 0.525. The molecular formula is C40H56F2N6O5S5. The summed E-state index contributed by atoms with van der Waals surface area (Å²) in [7, 11) is 1.67. The van der Waals surface area contributed by atoms with E-state index in [-0.39, 0.29) is 86.0 Å². The largest absolute Gasteiger partial charge is 0.464 e. The van der Waals surface area contributed by atoms with Crippen molar-refractivity contribution >= 4 is 94.0 Å². The zero-order valence-electron chi connectivity index (χ0n) is 33.4. The van der Waals surface area contributed by atoms with E-state index in [1.54, 1.807) is 13.3 Å². The predicted molar refractivity (Wildman–Crippen MR) is 243 cm³/mol. The minimum absolute atomic E-state index is 0. The normalized spacial score (nSPS) is 21.9. The average Bonchev–Trinajstić information content (AvgIpc) is 3.87. The number of aromatic nitrogens is 3. The summed E-state index contributed by atoms with van der Waals surface area (Å²) in [6.07, 6.45) is 2.30. The van der Waals surface area contributed by atoms with Crippen molar-refractivity contribution in [3.8, 4) is 22.5 Å². The molecule has 2 amide bonds. The van der Waals surface area contributed by atoms with Crippen LogP contribution >= 0.6 is 65.3 Å². The first-order valence-corrected chi connectivity index (χ1v) is 19.7. The molecule has 2 fully saturated rings. The number of nitrogens with zero attached hydrogens (tertiary/aromatic N) is 4. The molecule has 5 heterocycles. The highest BCUT2D eigenvalue weighted by Crippen LogP contribution is 2.42. The van der Waals surface area contributed by atoms with Crippen molar-refractivity contribution in [3.05, 3.63) is 58.2 Å². The van der Waals surface area contributed by atoms with Gasteiger partial charge in [-0.2, -0.15) is 54.0 Å². The number of halogens is 2. The van der Waals surface area contributed by atoms with E-state index in [9.17, 15) is 23.2 Å². The van der Waals surface area contributed by atoms with E-state index in [1.807, 2.05) is 24.4 Å². The van der Waals surface area contributed by atoms with E-state index in [1.165, 1.54) is 16.3 Å². The molecule has 320 valence electrons. The molecular weight excluding hydrogens is 843 g/mol. The molecule has 4 atom stereocenters. The number of amides is 2. The second-order valence-corrected chi connectivity index (χ2v) is 16.5. The molecule has 7 rings (SSSR count). The summed E-state index contributed by atoms with van der Waals surface area (Å²) in [6, 6.07) is 8.45. The summed E-state index contributed by atoms with van der Waals surface area (Å²) in [5.41, 5.74) is 9.13. The molecule has 1 aromatic carbocycles. The van der Waals surface area contributed by atoms with Gasteiger partial charge in [0.2, 0.25) is 11.8 Å². The van der Waals surface area contributed by atoms with Crippen molar-refractivity contribution in [2.45, 2.75) is 103 Å². The van der Waals surface area contributed by atoms with E-state index < -0.39 is 53.5 Å². The molecule has 0 unspecified atom stereocenters. The molecule has 0 radical (unpaired) electrons. The SMILES string of the molecule is CCn1c(-c2cccnc2[C@H](C)OC)c2c3cc(ccc31)-c1csc(n1)C[C@H](NC(=O)[C@H]1CCC(F)(F)C1)C(=O)N1CCC[C@H](N1)C(=O)OCC(C)(C)C2.S.S.S.S. The van der Waals surface area contributed by atoms with Crippen LogP contribution in [0.1, 0.15) is 82.2 Å². The molecule has 6 bridgehead atoms. The van der Waals surface area contributed by atoms with E-state index >= 15 is 0 Å². The van der Waals surface area contributed by atoms with Crippen LogP contribution in [-0.4, -0.2) is 75.6 Å². The van der Waals surface area contributed by atoms with E-state index in [0.717, 1.165) is 44.7 Å². The van der Waals surface area contributed by atoms with Gasteiger partial charge in [0.25, 0.3) is 5.91 Å². The number of thiazole rings is 1. The van der Waals surface area contributed by atoms with E-state index in [2.05, 4.69) is 54.3 Å². The smallest absolute Gasteiger partial charge is 0.324 e. The molecule has 0 spiro atoms. The molecule has 58 heavy (non-hydrogen) atoms. The van der Waals surface area contributed by atoms with E-state index in [4.69, 9.17) is 19.4 Å². The number of pyridine rings is 1. The molecule has 2 aliphatic heterocycles. The maximum absolute atomic E-state index is 14.1. The van der Waals surface area contributed by atoms with Crippen LogP contribution < -0.4 is 10.7 Å². The summed E-state index contributed by atoms with van der Waals surface area (Å²) in [5, 5.41) is 7.74. The van der Waals surface area contributed by atoms with Gasteiger partial charge in [-0.3, -0.25) is 24.4 Å². The number of benzene rings is 1. The lowest BCUT2D eigenvalue weighted by molar-refractivity contribution is -0.155. The molecule has 3 aromatic heterocycles. The fourth-order valence-corrected chi connectivity index (χ4v) is 8.88. The fourth-order valence-electron chi connectivity index (χ4n) is 8.03. The van der Waals surface area contributed by atoms with Crippen molar-refractivity contribution in [3.63, 3.8) is 0 Å².